The summed E-state index contributed by atoms with van der Waals surface area (Å²) in [7, 11) is 0. The van der Waals surface area contributed by atoms with Crippen LogP contribution >= 0.6 is 11.6 Å². The SMILES string of the molecule is Cc1cnc(CC2COCCC2Cl)c(C)c1[N+](=O)[O-]. The molecular formula is C13H17ClN2O3. The maximum Gasteiger partial charge on any atom is 0.278 e. The second kappa shape index (κ2) is 5.84. The van der Waals surface area contributed by atoms with Gasteiger partial charge in [-0.1, -0.05) is 0 Å². The number of hydrogen-bond donors (Lipinski definition) is 0. The summed E-state index contributed by atoms with van der Waals surface area (Å²) >= 11 is 6.28. The zero-order valence-corrected chi connectivity index (χ0v) is 11.8. The van der Waals surface area contributed by atoms with Gasteiger partial charge < -0.3 is 4.74 Å². The lowest BCUT2D eigenvalue weighted by Gasteiger charge is -2.27. The Morgan fingerprint density at radius 1 is 1.58 bits per heavy atom. The summed E-state index contributed by atoms with van der Waals surface area (Å²) in [6.45, 7) is 4.73. The number of ether oxygens (including phenoxy) is 1. The molecule has 2 atom stereocenters. The molecule has 1 fully saturated rings. The van der Waals surface area contributed by atoms with Crippen molar-refractivity contribution >= 4 is 17.3 Å². The topological polar surface area (TPSA) is 65.3 Å². The Labute approximate surface area is 117 Å². The minimum absolute atomic E-state index is 0.0512. The molecule has 0 N–H and O–H groups in total. The van der Waals surface area contributed by atoms with Crippen molar-refractivity contribution in [3.63, 3.8) is 0 Å². The van der Waals surface area contributed by atoms with E-state index in [9.17, 15) is 10.1 Å². The first kappa shape index (κ1) is 14.2. The largest absolute Gasteiger partial charge is 0.381 e. The van der Waals surface area contributed by atoms with Crippen LogP contribution in [0.5, 0.6) is 0 Å². The van der Waals surface area contributed by atoms with Crippen LogP contribution in [0.3, 0.4) is 0 Å². The van der Waals surface area contributed by atoms with Gasteiger partial charge in [-0.2, -0.15) is 0 Å². The number of nitro groups is 1. The molecule has 104 valence electrons. The fraction of sp³-hybridized carbons (Fsp3) is 0.615. The van der Waals surface area contributed by atoms with Crippen LogP contribution in [0.25, 0.3) is 0 Å². The van der Waals surface area contributed by atoms with Crippen molar-refractivity contribution in [3.8, 4) is 0 Å². The van der Waals surface area contributed by atoms with Crippen molar-refractivity contribution in [2.75, 3.05) is 13.2 Å². The number of nitrogens with zero attached hydrogens (tertiary/aromatic N) is 2. The normalized spacial score (nSPS) is 23.3. The summed E-state index contributed by atoms with van der Waals surface area (Å²) in [6, 6.07) is 0. The van der Waals surface area contributed by atoms with Gasteiger partial charge in [-0.25, -0.2) is 0 Å². The molecule has 1 aromatic rings. The highest BCUT2D eigenvalue weighted by atomic mass is 35.5. The lowest BCUT2D eigenvalue weighted by atomic mass is 9.93. The highest BCUT2D eigenvalue weighted by molar-refractivity contribution is 6.20. The van der Waals surface area contributed by atoms with E-state index in [0.29, 0.717) is 30.8 Å². The third-order valence-corrected chi connectivity index (χ3v) is 4.17. The van der Waals surface area contributed by atoms with Crippen LogP contribution in [0, 0.1) is 29.9 Å². The number of aromatic nitrogens is 1. The van der Waals surface area contributed by atoms with Gasteiger partial charge in [0.1, 0.15) is 0 Å². The van der Waals surface area contributed by atoms with Gasteiger partial charge in [-0.3, -0.25) is 15.1 Å². The summed E-state index contributed by atoms with van der Waals surface area (Å²) < 4.78 is 5.42. The summed E-state index contributed by atoms with van der Waals surface area (Å²) in [6.07, 6.45) is 3.01. The van der Waals surface area contributed by atoms with Gasteiger partial charge in [0.2, 0.25) is 0 Å². The summed E-state index contributed by atoms with van der Waals surface area (Å²) in [4.78, 5) is 15.1. The Hall–Kier alpha value is -1.20. The first-order valence-electron chi connectivity index (χ1n) is 6.32. The van der Waals surface area contributed by atoms with Crippen LogP contribution in [0.1, 0.15) is 23.2 Å². The number of aryl methyl sites for hydroxylation is 1. The third-order valence-electron chi connectivity index (χ3n) is 3.60. The zero-order valence-electron chi connectivity index (χ0n) is 11.1. The fourth-order valence-electron chi connectivity index (χ4n) is 2.46. The Balaban J connectivity index is 2.25. The van der Waals surface area contributed by atoms with Gasteiger partial charge in [0.15, 0.2) is 0 Å². The summed E-state index contributed by atoms with van der Waals surface area (Å²) in [5.41, 5.74) is 2.14. The molecule has 0 amide bonds. The molecule has 19 heavy (non-hydrogen) atoms. The predicted molar refractivity (Wildman–Crippen MR) is 72.6 cm³/mol. The Bertz CT molecular complexity index is 493. The molecule has 5 nitrogen and oxygen atoms in total. The lowest BCUT2D eigenvalue weighted by molar-refractivity contribution is -0.386. The molecule has 0 bridgehead atoms. The van der Waals surface area contributed by atoms with Crippen molar-refractivity contribution in [1.29, 1.82) is 0 Å². The van der Waals surface area contributed by atoms with E-state index in [1.54, 1.807) is 20.0 Å². The number of hydrogen-bond acceptors (Lipinski definition) is 4. The Morgan fingerprint density at radius 3 is 2.95 bits per heavy atom. The number of pyridine rings is 1. The molecule has 1 aliphatic heterocycles. The molecule has 2 rings (SSSR count). The van der Waals surface area contributed by atoms with Crippen LogP contribution < -0.4 is 0 Å². The Kier molecular flexibility index (Phi) is 4.37. The highest BCUT2D eigenvalue weighted by Gasteiger charge is 2.27. The molecule has 0 aromatic carbocycles. The van der Waals surface area contributed by atoms with E-state index in [-0.39, 0.29) is 21.9 Å². The van der Waals surface area contributed by atoms with Gasteiger partial charge in [0.05, 0.1) is 17.2 Å². The molecule has 0 saturated carbocycles. The quantitative estimate of drug-likeness (QED) is 0.486. The van der Waals surface area contributed by atoms with Crippen LogP contribution in [0.15, 0.2) is 6.20 Å². The molecule has 0 aliphatic carbocycles. The molecular weight excluding hydrogens is 268 g/mol. The van der Waals surface area contributed by atoms with Crippen LogP contribution in [-0.2, 0) is 11.2 Å². The molecule has 2 heterocycles. The van der Waals surface area contributed by atoms with Crippen LogP contribution in [-0.4, -0.2) is 28.5 Å². The highest BCUT2D eigenvalue weighted by Crippen LogP contribution is 2.29. The minimum Gasteiger partial charge on any atom is -0.381 e. The molecule has 2 unspecified atom stereocenters. The standard InChI is InChI=1S/C13H17ClN2O3/c1-8-6-15-12(9(2)13(8)16(17)18)5-10-7-19-4-3-11(10)14/h6,10-11H,3-5,7H2,1-2H3. The molecule has 1 aliphatic rings. The predicted octanol–water partition coefficient (Wildman–Crippen LogP) is 2.79. The van der Waals surface area contributed by atoms with E-state index in [4.69, 9.17) is 16.3 Å². The van der Waals surface area contributed by atoms with Gasteiger partial charge in [-0.05, 0) is 26.7 Å². The molecule has 0 spiro atoms. The average molecular weight is 285 g/mol. The maximum absolute atomic E-state index is 11.1. The summed E-state index contributed by atoms with van der Waals surface area (Å²) in [5.74, 6) is 0.170. The second-order valence-electron chi connectivity index (χ2n) is 4.96. The maximum atomic E-state index is 11.1. The molecule has 0 radical (unpaired) electrons. The van der Waals surface area contributed by atoms with Crippen molar-refractivity contribution < 1.29 is 9.66 Å². The zero-order chi connectivity index (χ0) is 14.0. The Morgan fingerprint density at radius 2 is 2.32 bits per heavy atom. The number of halogens is 1. The van der Waals surface area contributed by atoms with Crippen molar-refractivity contribution in [1.82, 2.24) is 4.98 Å². The van der Waals surface area contributed by atoms with Crippen molar-refractivity contribution in [3.05, 3.63) is 33.1 Å². The van der Waals surface area contributed by atoms with Gasteiger partial charge >= 0.3 is 0 Å². The van der Waals surface area contributed by atoms with Gasteiger partial charge in [0.25, 0.3) is 5.69 Å². The molecule has 6 heteroatoms. The number of rotatable bonds is 3. The van der Waals surface area contributed by atoms with Gasteiger partial charge in [0, 0.05) is 35.2 Å². The minimum atomic E-state index is -0.342. The van der Waals surface area contributed by atoms with Crippen molar-refractivity contribution in [2.45, 2.75) is 32.1 Å². The number of alkyl halides is 1. The second-order valence-corrected chi connectivity index (χ2v) is 5.52. The lowest BCUT2D eigenvalue weighted by Crippen LogP contribution is -2.30. The van der Waals surface area contributed by atoms with E-state index in [2.05, 4.69) is 4.98 Å². The smallest absolute Gasteiger partial charge is 0.278 e. The van der Waals surface area contributed by atoms with E-state index in [0.717, 1.165) is 12.1 Å². The molecule has 1 saturated heterocycles. The van der Waals surface area contributed by atoms with E-state index in [1.807, 2.05) is 0 Å². The van der Waals surface area contributed by atoms with E-state index in [1.165, 1.54) is 0 Å². The monoisotopic (exact) mass is 284 g/mol. The molecule has 1 aromatic heterocycles. The van der Waals surface area contributed by atoms with Crippen LogP contribution in [0.2, 0.25) is 0 Å². The van der Waals surface area contributed by atoms with E-state index >= 15 is 0 Å². The van der Waals surface area contributed by atoms with E-state index < -0.39 is 0 Å². The van der Waals surface area contributed by atoms with Crippen molar-refractivity contribution in [2.24, 2.45) is 5.92 Å². The third kappa shape index (κ3) is 3.04. The summed E-state index contributed by atoms with van der Waals surface area (Å²) in [5, 5.41) is 11.1. The fourth-order valence-corrected chi connectivity index (χ4v) is 2.71. The first-order chi connectivity index (χ1) is 9.00. The average Bonchev–Trinajstić information content (AvgIpc) is 2.35. The van der Waals surface area contributed by atoms with Crippen LogP contribution in [0.4, 0.5) is 5.69 Å². The van der Waals surface area contributed by atoms with Gasteiger partial charge in [-0.15, -0.1) is 11.6 Å². The first-order valence-corrected chi connectivity index (χ1v) is 6.75.